The zero-order chi connectivity index (χ0) is 11.6. The lowest BCUT2D eigenvalue weighted by molar-refractivity contribution is -0.208. The van der Waals surface area contributed by atoms with Crippen molar-refractivity contribution in [3.8, 4) is 0 Å². The van der Waals surface area contributed by atoms with Gasteiger partial charge in [-0.25, -0.2) is 8.78 Å². The van der Waals surface area contributed by atoms with E-state index in [2.05, 4.69) is 5.10 Å². The van der Waals surface area contributed by atoms with Crippen molar-refractivity contribution >= 4 is 0 Å². The predicted octanol–water partition coefficient (Wildman–Crippen LogP) is 1.74. The Morgan fingerprint density at radius 3 is 2.40 bits per heavy atom. The van der Waals surface area contributed by atoms with Gasteiger partial charge in [-0.1, -0.05) is 0 Å². The molecule has 15 heavy (non-hydrogen) atoms. The molecule has 1 rings (SSSR count). The molecule has 1 heterocycles. The number of hydrogen-bond donors (Lipinski definition) is 1. The van der Waals surface area contributed by atoms with Gasteiger partial charge in [0.25, 0.3) is 6.43 Å². The SMILES string of the molecule is O[C@@H](Cn1cc(C(F)F)cn1)C(F)(F)F. The van der Waals surface area contributed by atoms with Crippen LogP contribution in [-0.2, 0) is 6.54 Å². The Labute approximate surface area is 81.1 Å². The summed E-state index contributed by atoms with van der Waals surface area (Å²) in [5, 5.41) is 11.9. The predicted molar refractivity (Wildman–Crippen MR) is 39.2 cm³/mol. The average Bonchev–Trinajstić information content (AvgIpc) is 2.50. The van der Waals surface area contributed by atoms with Crippen LogP contribution in [0, 0.1) is 0 Å². The van der Waals surface area contributed by atoms with E-state index in [4.69, 9.17) is 5.11 Å². The fourth-order valence-electron chi connectivity index (χ4n) is 0.873. The molecule has 0 radical (unpaired) electrons. The van der Waals surface area contributed by atoms with E-state index >= 15 is 0 Å². The van der Waals surface area contributed by atoms with Gasteiger partial charge < -0.3 is 5.11 Å². The van der Waals surface area contributed by atoms with Crippen LogP contribution in [0.4, 0.5) is 22.0 Å². The van der Waals surface area contributed by atoms with Crippen LogP contribution >= 0.6 is 0 Å². The summed E-state index contributed by atoms with van der Waals surface area (Å²) in [5.41, 5.74) is -0.482. The monoisotopic (exact) mass is 230 g/mol. The molecular weight excluding hydrogens is 223 g/mol. The van der Waals surface area contributed by atoms with Gasteiger partial charge in [0.2, 0.25) is 0 Å². The van der Waals surface area contributed by atoms with Crippen LogP contribution in [0.15, 0.2) is 12.4 Å². The number of aliphatic hydroxyl groups is 1. The minimum absolute atomic E-state index is 0.482. The topological polar surface area (TPSA) is 38.0 Å². The van der Waals surface area contributed by atoms with Crippen molar-refractivity contribution in [3.05, 3.63) is 18.0 Å². The standard InChI is InChI=1S/C7H7F5N2O/c8-6(9)4-1-13-14(2-4)3-5(15)7(10,11)12/h1-2,5-6,15H,3H2/t5-/m0/s1. The van der Waals surface area contributed by atoms with Crippen molar-refractivity contribution in [2.24, 2.45) is 0 Å². The van der Waals surface area contributed by atoms with E-state index in [9.17, 15) is 22.0 Å². The van der Waals surface area contributed by atoms with E-state index in [1.807, 2.05) is 0 Å². The Kier molecular flexibility index (Phi) is 3.28. The molecule has 0 saturated carbocycles. The first-order valence-corrected chi connectivity index (χ1v) is 3.86. The Balaban J connectivity index is 2.65. The molecule has 0 unspecified atom stereocenters. The first kappa shape index (κ1) is 11.9. The molecule has 0 saturated heterocycles. The van der Waals surface area contributed by atoms with Gasteiger partial charge >= 0.3 is 6.18 Å². The maximum absolute atomic E-state index is 12.0. The van der Waals surface area contributed by atoms with Gasteiger partial charge in [-0.3, -0.25) is 4.68 Å². The number of aliphatic hydroxyl groups excluding tert-OH is 1. The Hall–Kier alpha value is -1.18. The van der Waals surface area contributed by atoms with Gasteiger partial charge in [-0.05, 0) is 0 Å². The molecule has 0 bridgehead atoms. The number of alkyl halides is 5. The largest absolute Gasteiger partial charge is 0.416 e. The third-order valence-electron chi connectivity index (χ3n) is 1.64. The fourth-order valence-corrected chi connectivity index (χ4v) is 0.873. The smallest absolute Gasteiger partial charge is 0.382 e. The second kappa shape index (κ2) is 4.13. The molecule has 0 aromatic carbocycles. The van der Waals surface area contributed by atoms with Crippen molar-refractivity contribution in [3.63, 3.8) is 0 Å². The Morgan fingerprint density at radius 1 is 1.40 bits per heavy atom. The summed E-state index contributed by atoms with van der Waals surface area (Å²) < 4.78 is 60.2. The lowest BCUT2D eigenvalue weighted by atomic mass is 10.3. The zero-order valence-electron chi connectivity index (χ0n) is 7.25. The van der Waals surface area contributed by atoms with Crippen LogP contribution < -0.4 is 0 Å². The molecule has 0 aliphatic carbocycles. The van der Waals surface area contributed by atoms with Crippen LogP contribution in [0.5, 0.6) is 0 Å². The van der Waals surface area contributed by atoms with E-state index in [-0.39, 0.29) is 0 Å². The Morgan fingerprint density at radius 2 is 2.00 bits per heavy atom. The summed E-state index contributed by atoms with van der Waals surface area (Å²) in [6.07, 6.45) is -8.66. The molecule has 0 aliphatic rings. The maximum Gasteiger partial charge on any atom is 0.416 e. The van der Waals surface area contributed by atoms with Gasteiger partial charge in [0.05, 0.1) is 18.3 Å². The fraction of sp³-hybridized carbons (Fsp3) is 0.571. The van der Waals surface area contributed by atoms with Crippen molar-refractivity contribution in [2.45, 2.75) is 25.3 Å². The summed E-state index contributed by atoms with van der Waals surface area (Å²) in [5.74, 6) is 0. The van der Waals surface area contributed by atoms with Gasteiger partial charge in [0.1, 0.15) is 0 Å². The Bertz CT molecular complexity index is 321. The molecule has 3 nitrogen and oxygen atoms in total. The normalized spacial score (nSPS) is 14.6. The number of hydrogen-bond acceptors (Lipinski definition) is 2. The number of nitrogens with zero attached hydrogens (tertiary/aromatic N) is 2. The van der Waals surface area contributed by atoms with E-state index < -0.39 is 30.8 Å². The summed E-state index contributed by atoms with van der Waals surface area (Å²) in [7, 11) is 0. The van der Waals surface area contributed by atoms with Crippen molar-refractivity contribution < 1.29 is 27.1 Å². The van der Waals surface area contributed by atoms with Gasteiger partial charge in [-0.2, -0.15) is 18.3 Å². The minimum atomic E-state index is -4.78. The first-order chi connectivity index (χ1) is 6.80. The summed E-state index contributed by atoms with van der Waals surface area (Å²) >= 11 is 0. The van der Waals surface area contributed by atoms with Crippen LogP contribution in [0.25, 0.3) is 0 Å². The van der Waals surface area contributed by atoms with Crippen molar-refractivity contribution in [1.82, 2.24) is 9.78 Å². The highest BCUT2D eigenvalue weighted by Crippen LogP contribution is 2.22. The molecule has 1 N–H and O–H groups in total. The van der Waals surface area contributed by atoms with Crippen LogP contribution in [0.2, 0.25) is 0 Å². The van der Waals surface area contributed by atoms with Crippen LogP contribution in [-0.4, -0.2) is 27.2 Å². The molecule has 0 fully saturated rings. The van der Waals surface area contributed by atoms with Crippen molar-refractivity contribution in [2.75, 3.05) is 0 Å². The van der Waals surface area contributed by atoms with Crippen LogP contribution in [0.3, 0.4) is 0 Å². The number of rotatable bonds is 3. The quantitative estimate of drug-likeness (QED) is 0.803. The van der Waals surface area contributed by atoms with E-state index in [1.54, 1.807) is 0 Å². The highest BCUT2D eigenvalue weighted by molar-refractivity contribution is 5.05. The van der Waals surface area contributed by atoms with Crippen LogP contribution in [0.1, 0.15) is 12.0 Å². The number of halogens is 5. The lowest BCUT2D eigenvalue weighted by Gasteiger charge is -2.13. The highest BCUT2D eigenvalue weighted by Gasteiger charge is 2.38. The van der Waals surface area contributed by atoms with Crippen molar-refractivity contribution in [1.29, 1.82) is 0 Å². The van der Waals surface area contributed by atoms with E-state index in [0.29, 0.717) is 4.68 Å². The average molecular weight is 230 g/mol. The van der Waals surface area contributed by atoms with Gasteiger partial charge in [0, 0.05) is 6.20 Å². The maximum atomic E-state index is 12.0. The molecule has 0 amide bonds. The third-order valence-corrected chi connectivity index (χ3v) is 1.64. The van der Waals surface area contributed by atoms with Gasteiger partial charge in [-0.15, -0.1) is 0 Å². The molecule has 1 atom stereocenters. The van der Waals surface area contributed by atoms with E-state index in [0.717, 1.165) is 12.4 Å². The summed E-state index contributed by atoms with van der Waals surface area (Å²) in [4.78, 5) is 0. The minimum Gasteiger partial charge on any atom is -0.382 e. The molecule has 0 aliphatic heterocycles. The first-order valence-electron chi connectivity index (χ1n) is 3.86. The second-order valence-corrected chi connectivity index (χ2v) is 2.85. The molecule has 1 aromatic heterocycles. The van der Waals surface area contributed by atoms with Gasteiger partial charge in [0.15, 0.2) is 6.10 Å². The highest BCUT2D eigenvalue weighted by atomic mass is 19.4. The second-order valence-electron chi connectivity index (χ2n) is 2.85. The molecule has 0 spiro atoms. The molecular formula is C7H7F5N2O. The van der Waals surface area contributed by atoms with E-state index in [1.165, 1.54) is 0 Å². The summed E-state index contributed by atoms with van der Waals surface area (Å²) in [6, 6.07) is 0. The lowest BCUT2D eigenvalue weighted by Crippen LogP contribution is -2.32. The third kappa shape index (κ3) is 3.15. The zero-order valence-corrected chi connectivity index (χ0v) is 7.25. The molecule has 1 aromatic rings. The summed E-state index contributed by atoms with van der Waals surface area (Å²) in [6.45, 7) is -0.893. The molecule has 8 heteroatoms. The molecule has 86 valence electrons. The number of aromatic nitrogens is 2.